The van der Waals surface area contributed by atoms with Crippen LogP contribution in [0.5, 0.6) is 0 Å². The van der Waals surface area contributed by atoms with Crippen LogP contribution in [0.15, 0.2) is 12.3 Å². The smallest absolute Gasteiger partial charge is 0.466 e. The summed E-state index contributed by atoms with van der Waals surface area (Å²) in [6.45, 7) is 0. The average Bonchev–Trinajstić information content (AvgIpc) is 1.95. The third-order valence-electron chi connectivity index (χ3n) is 0.859. The molecule has 0 rings (SSSR count). The van der Waals surface area contributed by atoms with Gasteiger partial charge in [0, 0.05) is 0 Å². The van der Waals surface area contributed by atoms with Crippen molar-refractivity contribution >= 4 is 13.2 Å². The highest BCUT2D eigenvalue weighted by Gasteiger charge is 2.20. The van der Waals surface area contributed by atoms with Crippen molar-refractivity contribution in [1.29, 1.82) is 0 Å². The molecular formula is C7H14BF4NO2. The Bertz CT molecular complexity index is 216. The largest absolute Gasteiger partial charge is 0.673 e. The van der Waals surface area contributed by atoms with Crippen LogP contribution in [-0.4, -0.2) is 46.0 Å². The number of hydrogen-bond acceptors (Lipinski definition) is 2. The molecule has 3 nitrogen and oxygen atoms in total. The lowest BCUT2D eigenvalue weighted by atomic mass is 10.3. The number of carbonyl (C=O) groups excluding carboxylic acids is 1. The van der Waals surface area contributed by atoms with Crippen molar-refractivity contribution in [3.05, 3.63) is 12.3 Å². The Hall–Kier alpha value is -1.05. The van der Waals surface area contributed by atoms with E-state index in [0.717, 1.165) is 0 Å². The van der Waals surface area contributed by atoms with E-state index in [-0.39, 0.29) is 5.97 Å². The summed E-state index contributed by atoms with van der Waals surface area (Å²) in [5.74, 6) is -0.312. The third-order valence-corrected chi connectivity index (χ3v) is 0.859. The van der Waals surface area contributed by atoms with Gasteiger partial charge in [0.15, 0.2) is 0 Å². The van der Waals surface area contributed by atoms with Crippen LogP contribution in [0.4, 0.5) is 17.3 Å². The Kier molecular flexibility index (Phi) is 7.04. The second-order valence-corrected chi connectivity index (χ2v) is 3.45. The molecule has 0 aromatic carbocycles. The first-order valence-corrected chi connectivity index (χ1v) is 3.91. The molecule has 0 bridgehead atoms. The SMILES string of the molecule is COC(=O)/C=C\[N+](C)(C)C.F[B-](F)(F)F. The number of halogens is 4. The number of esters is 1. The van der Waals surface area contributed by atoms with Gasteiger partial charge in [-0.25, -0.2) is 4.79 Å². The first-order valence-electron chi connectivity index (χ1n) is 3.91. The number of methoxy groups -OCH3 is 1. The van der Waals surface area contributed by atoms with Crippen LogP contribution in [-0.2, 0) is 9.53 Å². The summed E-state index contributed by atoms with van der Waals surface area (Å²) in [7, 11) is 1.24. The maximum Gasteiger partial charge on any atom is 0.673 e. The molecule has 0 unspecified atom stereocenters. The molecular weight excluding hydrogens is 217 g/mol. The van der Waals surface area contributed by atoms with E-state index in [2.05, 4.69) is 4.74 Å². The molecule has 8 heteroatoms. The second-order valence-electron chi connectivity index (χ2n) is 3.45. The zero-order valence-electron chi connectivity index (χ0n) is 9.01. The summed E-state index contributed by atoms with van der Waals surface area (Å²) in [4.78, 5) is 10.5. The Balaban J connectivity index is 0. The zero-order chi connectivity index (χ0) is 12.7. The Morgan fingerprint density at radius 2 is 1.53 bits per heavy atom. The zero-order valence-corrected chi connectivity index (χ0v) is 9.01. The Morgan fingerprint density at radius 3 is 1.73 bits per heavy atom. The van der Waals surface area contributed by atoms with Crippen molar-refractivity contribution in [2.75, 3.05) is 28.3 Å². The molecule has 0 radical (unpaired) electrons. The predicted octanol–water partition coefficient (Wildman–Crippen LogP) is 1.68. The first kappa shape index (κ1) is 16.4. The van der Waals surface area contributed by atoms with Crippen LogP contribution in [0.2, 0.25) is 0 Å². The maximum absolute atomic E-state index is 10.5. The van der Waals surface area contributed by atoms with E-state index in [0.29, 0.717) is 4.48 Å². The topological polar surface area (TPSA) is 26.3 Å². The second kappa shape index (κ2) is 6.44. The number of ether oxygens (including phenoxy) is 1. The maximum atomic E-state index is 10.5. The van der Waals surface area contributed by atoms with E-state index in [1.165, 1.54) is 13.2 Å². The van der Waals surface area contributed by atoms with Crippen molar-refractivity contribution in [1.82, 2.24) is 0 Å². The van der Waals surface area contributed by atoms with Gasteiger partial charge in [-0.2, -0.15) is 0 Å². The van der Waals surface area contributed by atoms with E-state index in [1.54, 1.807) is 6.20 Å². The summed E-state index contributed by atoms with van der Waals surface area (Å²) < 4.78 is 44.0. The van der Waals surface area contributed by atoms with E-state index in [4.69, 9.17) is 0 Å². The molecule has 0 aromatic rings. The molecule has 0 N–H and O–H groups in total. The highest BCUT2D eigenvalue weighted by atomic mass is 19.5. The quantitative estimate of drug-likeness (QED) is 0.237. The number of hydrogen-bond donors (Lipinski definition) is 0. The fraction of sp³-hybridized carbons (Fsp3) is 0.571. The molecule has 0 saturated heterocycles. The number of nitrogens with zero attached hydrogens (tertiary/aromatic N) is 1. The Labute approximate surface area is 86.0 Å². The van der Waals surface area contributed by atoms with Gasteiger partial charge in [0.25, 0.3) is 0 Å². The molecule has 0 atom stereocenters. The van der Waals surface area contributed by atoms with Crippen LogP contribution >= 0.6 is 0 Å². The minimum Gasteiger partial charge on any atom is -0.466 e. The molecule has 0 fully saturated rings. The average molecular weight is 231 g/mol. The van der Waals surface area contributed by atoms with Gasteiger partial charge in [0.05, 0.1) is 34.3 Å². The molecule has 0 spiro atoms. The minimum absolute atomic E-state index is 0.312. The van der Waals surface area contributed by atoms with Gasteiger partial charge in [-0.05, 0) is 0 Å². The van der Waals surface area contributed by atoms with E-state index >= 15 is 0 Å². The van der Waals surface area contributed by atoms with Crippen LogP contribution in [0.1, 0.15) is 0 Å². The fourth-order valence-electron chi connectivity index (χ4n) is 0.353. The van der Waals surface area contributed by atoms with Gasteiger partial charge in [0.2, 0.25) is 0 Å². The van der Waals surface area contributed by atoms with Crippen LogP contribution < -0.4 is 0 Å². The highest BCUT2D eigenvalue weighted by Crippen LogP contribution is 2.06. The number of carbonyl (C=O) groups is 1. The van der Waals surface area contributed by atoms with Gasteiger partial charge >= 0.3 is 13.2 Å². The number of rotatable bonds is 2. The fourth-order valence-corrected chi connectivity index (χ4v) is 0.353. The van der Waals surface area contributed by atoms with E-state index in [1.807, 2.05) is 21.1 Å². The monoisotopic (exact) mass is 231 g/mol. The van der Waals surface area contributed by atoms with E-state index in [9.17, 15) is 22.1 Å². The molecule has 0 aromatic heterocycles. The lowest BCUT2D eigenvalue weighted by Gasteiger charge is -2.16. The molecule has 15 heavy (non-hydrogen) atoms. The van der Waals surface area contributed by atoms with Crippen LogP contribution in [0, 0.1) is 0 Å². The molecule has 0 saturated carbocycles. The van der Waals surface area contributed by atoms with Gasteiger partial charge in [-0.15, -0.1) is 0 Å². The summed E-state index contributed by atoms with van der Waals surface area (Å²) in [5, 5.41) is 0. The Morgan fingerprint density at radius 1 is 1.20 bits per heavy atom. The molecule has 0 heterocycles. The number of quaternary nitrogens is 1. The first-order chi connectivity index (χ1) is 6.45. The normalized spacial score (nSPS) is 12.0. The van der Waals surface area contributed by atoms with E-state index < -0.39 is 7.25 Å². The van der Waals surface area contributed by atoms with Gasteiger partial charge in [0.1, 0.15) is 6.20 Å². The molecule has 0 aliphatic rings. The summed E-state index contributed by atoms with van der Waals surface area (Å²) in [6.07, 6.45) is 3.17. The highest BCUT2D eigenvalue weighted by molar-refractivity contribution is 6.50. The van der Waals surface area contributed by atoms with Crippen LogP contribution in [0.25, 0.3) is 0 Å². The van der Waals surface area contributed by atoms with Crippen molar-refractivity contribution < 1.29 is 31.3 Å². The van der Waals surface area contributed by atoms with Crippen molar-refractivity contribution in [3.8, 4) is 0 Å². The minimum atomic E-state index is -6.00. The van der Waals surface area contributed by atoms with Crippen molar-refractivity contribution in [3.63, 3.8) is 0 Å². The summed E-state index contributed by atoms with van der Waals surface area (Å²) >= 11 is 0. The predicted molar refractivity (Wildman–Crippen MR) is 49.4 cm³/mol. The molecule has 0 amide bonds. The molecule has 0 aliphatic carbocycles. The lowest BCUT2D eigenvalue weighted by molar-refractivity contribution is -0.817. The third kappa shape index (κ3) is 32.1. The van der Waals surface area contributed by atoms with Crippen molar-refractivity contribution in [2.24, 2.45) is 0 Å². The van der Waals surface area contributed by atoms with Gasteiger partial charge in [-0.1, -0.05) is 0 Å². The lowest BCUT2D eigenvalue weighted by Crippen LogP contribution is -2.27. The van der Waals surface area contributed by atoms with Crippen molar-refractivity contribution in [2.45, 2.75) is 0 Å². The summed E-state index contributed by atoms with van der Waals surface area (Å²) in [6, 6.07) is 0. The summed E-state index contributed by atoms with van der Waals surface area (Å²) in [5.41, 5.74) is 0. The van der Waals surface area contributed by atoms with Crippen LogP contribution in [0.3, 0.4) is 0 Å². The van der Waals surface area contributed by atoms with Gasteiger partial charge in [-0.3, -0.25) is 0 Å². The molecule has 90 valence electrons. The standard InChI is InChI=1S/C7H14NO2.BF4/c1-8(2,3)6-5-7(9)10-4;2-1(3,4)5/h5-6H,1-4H3;/q+1;-1/b6-5-;. The van der Waals surface area contributed by atoms with Gasteiger partial charge < -0.3 is 26.5 Å². The molecule has 0 aliphatic heterocycles.